The molecular formula is C32H40N2O7. The zero-order chi connectivity index (χ0) is 29.9. The van der Waals surface area contributed by atoms with Crippen LogP contribution in [0.4, 0.5) is 0 Å². The summed E-state index contributed by atoms with van der Waals surface area (Å²) in [6.07, 6.45) is 4.55. The SMILES string of the molecule is C=CCCCC(=O)OCC(NC(=O)C(CC=C)CC(=O)N(CCO)Cc1ccccc1)C(=O)OCc1ccccc1. The molecule has 0 heterocycles. The summed E-state index contributed by atoms with van der Waals surface area (Å²) in [5.74, 6) is -3.03. The fraction of sp³-hybridized carbons (Fsp3) is 0.375. The number of allylic oxidation sites excluding steroid dienone is 2. The lowest BCUT2D eigenvalue weighted by atomic mass is 9.98. The van der Waals surface area contributed by atoms with E-state index in [1.54, 1.807) is 18.2 Å². The van der Waals surface area contributed by atoms with Crippen LogP contribution in [0, 0.1) is 5.92 Å². The Morgan fingerprint density at radius 3 is 2.20 bits per heavy atom. The van der Waals surface area contributed by atoms with Crippen molar-refractivity contribution in [1.82, 2.24) is 10.2 Å². The summed E-state index contributed by atoms with van der Waals surface area (Å²) >= 11 is 0. The van der Waals surface area contributed by atoms with Crippen LogP contribution >= 0.6 is 0 Å². The van der Waals surface area contributed by atoms with E-state index in [2.05, 4.69) is 18.5 Å². The van der Waals surface area contributed by atoms with Crippen LogP contribution in [0.2, 0.25) is 0 Å². The van der Waals surface area contributed by atoms with Crippen molar-refractivity contribution in [3.8, 4) is 0 Å². The van der Waals surface area contributed by atoms with E-state index < -0.39 is 36.4 Å². The number of ether oxygens (including phenoxy) is 2. The summed E-state index contributed by atoms with van der Waals surface area (Å²) in [5, 5.41) is 12.1. The van der Waals surface area contributed by atoms with E-state index in [0.29, 0.717) is 12.8 Å². The van der Waals surface area contributed by atoms with Crippen molar-refractivity contribution in [2.75, 3.05) is 19.8 Å². The zero-order valence-corrected chi connectivity index (χ0v) is 23.4. The number of unbranched alkanes of at least 4 members (excludes halogenated alkanes) is 1. The van der Waals surface area contributed by atoms with Gasteiger partial charge in [-0.2, -0.15) is 0 Å². The Morgan fingerprint density at radius 2 is 1.59 bits per heavy atom. The summed E-state index contributed by atoms with van der Waals surface area (Å²) in [6, 6.07) is 17.1. The number of esters is 2. The van der Waals surface area contributed by atoms with Gasteiger partial charge in [-0.3, -0.25) is 14.4 Å². The van der Waals surface area contributed by atoms with Crippen LogP contribution in [0.15, 0.2) is 86.0 Å². The van der Waals surface area contributed by atoms with Crippen LogP contribution in [0.3, 0.4) is 0 Å². The van der Waals surface area contributed by atoms with Crippen LogP contribution in [0.5, 0.6) is 0 Å². The number of benzene rings is 2. The van der Waals surface area contributed by atoms with E-state index in [0.717, 1.165) is 11.1 Å². The summed E-state index contributed by atoms with van der Waals surface area (Å²) < 4.78 is 10.7. The molecule has 0 saturated heterocycles. The van der Waals surface area contributed by atoms with Crippen LogP contribution in [-0.2, 0) is 41.8 Å². The van der Waals surface area contributed by atoms with Gasteiger partial charge in [0.1, 0.15) is 13.2 Å². The summed E-state index contributed by atoms with van der Waals surface area (Å²) in [4.78, 5) is 53.1. The second-order valence-corrected chi connectivity index (χ2v) is 9.47. The third-order valence-corrected chi connectivity index (χ3v) is 6.21. The minimum Gasteiger partial charge on any atom is -0.463 e. The molecule has 0 radical (unpaired) electrons. The minimum atomic E-state index is -1.27. The maximum absolute atomic E-state index is 13.3. The van der Waals surface area contributed by atoms with Gasteiger partial charge in [-0.15, -0.1) is 13.2 Å². The van der Waals surface area contributed by atoms with Gasteiger partial charge in [0.05, 0.1) is 12.5 Å². The van der Waals surface area contributed by atoms with Crippen molar-refractivity contribution in [2.45, 2.75) is 51.3 Å². The van der Waals surface area contributed by atoms with Crippen LogP contribution in [-0.4, -0.2) is 59.6 Å². The number of amides is 2. The largest absolute Gasteiger partial charge is 0.463 e. The molecule has 0 saturated carbocycles. The highest BCUT2D eigenvalue weighted by atomic mass is 16.6. The van der Waals surface area contributed by atoms with E-state index in [4.69, 9.17) is 9.47 Å². The molecule has 41 heavy (non-hydrogen) atoms. The van der Waals surface area contributed by atoms with Gasteiger partial charge in [0.2, 0.25) is 11.8 Å². The Morgan fingerprint density at radius 1 is 0.927 bits per heavy atom. The second-order valence-electron chi connectivity index (χ2n) is 9.47. The van der Waals surface area contributed by atoms with Crippen molar-refractivity contribution in [3.63, 3.8) is 0 Å². The van der Waals surface area contributed by atoms with Crippen molar-refractivity contribution >= 4 is 23.8 Å². The Bertz CT molecular complexity index is 1120. The van der Waals surface area contributed by atoms with Crippen molar-refractivity contribution in [3.05, 3.63) is 97.1 Å². The van der Waals surface area contributed by atoms with E-state index in [1.165, 1.54) is 11.0 Å². The normalized spacial score (nSPS) is 11.9. The minimum absolute atomic E-state index is 0.0243. The lowest BCUT2D eigenvalue weighted by Crippen LogP contribution is -2.48. The van der Waals surface area contributed by atoms with Crippen LogP contribution < -0.4 is 5.32 Å². The van der Waals surface area contributed by atoms with E-state index in [-0.39, 0.29) is 51.5 Å². The fourth-order valence-electron chi connectivity index (χ4n) is 3.97. The van der Waals surface area contributed by atoms with E-state index >= 15 is 0 Å². The highest BCUT2D eigenvalue weighted by Gasteiger charge is 2.30. The highest BCUT2D eigenvalue weighted by molar-refractivity contribution is 5.89. The molecule has 0 aliphatic carbocycles. The van der Waals surface area contributed by atoms with Crippen LogP contribution in [0.1, 0.15) is 43.2 Å². The number of hydrogen-bond acceptors (Lipinski definition) is 7. The summed E-state index contributed by atoms with van der Waals surface area (Å²) in [5.41, 5.74) is 1.64. The molecular weight excluding hydrogens is 524 g/mol. The Balaban J connectivity index is 2.10. The Hall–Kier alpha value is -4.24. The van der Waals surface area contributed by atoms with Crippen molar-refractivity contribution in [2.24, 2.45) is 5.92 Å². The quantitative estimate of drug-likeness (QED) is 0.152. The van der Waals surface area contributed by atoms with E-state index in [1.807, 2.05) is 48.5 Å². The van der Waals surface area contributed by atoms with Gasteiger partial charge in [0.25, 0.3) is 0 Å². The summed E-state index contributed by atoms with van der Waals surface area (Å²) in [7, 11) is 0. The molecule has 2 unspecified atom stereocenters. The number of nitrogens with one attached hydrogen (secondary N) is 1. The Kier molecular flexibility index (Phi) is 15.2. The molecule has 0 aromatic heterocycles. The molecule has 9 heteroatoms. The maximum atomic E-state index is 13.3. The number of carbonyl (C=O) groups is 4. The number of aliphatic hydroxyl groups excluding tert-OH is 1. The predicted octanol–water partition coefficient (Wildman–Crippen LogP) is 3.72. The van der Waals surface area contributed by atoms with Gasteiger partial charge < -0.3 is 24.8 Å². The van der Waals surface area contributed by atoms with Gasteiger partial charge in [-0.05, 0) is 30.4 Å². The maximum Gasteiger partial charge on any atom is 0.332 e. The van der Waals surface area contributed by atoms with Crippen molar-refractivity contribution < 1.29 is 33.8 Å². The standard InChI is InChI=1S/C32H40N2O7/c1-3-5-8-18-30(37)40-24-28(32(39)41-23-26-16-11-7-12-17-26)33-31(38)27(13-4-2)21-29(36)34(19-20-35)22-25-14-9-6-10-15-25/h3-4,6-7,9-12,14-17,27-28,35H,1-2,5,8,13,18-24H2,(H,33,38). The topological polar surface area (TPSA) is 122 Å². The average molecular weight is 565 g/mol. The monoisotopic (exact) mass is 564 g/mol. The van der Waals surface area contributed by atoms with Gasteiger partial charge >= 0.3 is 11.9 Å². The second kappa shape index (κ2) is 18.9. The molecule has 9 nitrogen and oxygen atoms in total. The first-order valence-electron chi connectivity index (χ1n) is 13.7. The van der Waals surface area contributed by atoms with Gasteiger partial charge in [0.15, 0.2) is 6.04 Å². The summed E-state index contributed by atoms with van der Waals surface area (Å²) in [6.45, 7) is 7.03. The molecule has 2 aromatic carbocycles. The number of nitrogens with zero attached hydrogens (tertiary/aromatic N) is 1. The molecule has 2 amide bonds. The highest BCUT2D eigenvalue weighted by Crippen LogP contribution is 2.15. The molecule has 2 rings (SSSR count). The lowest BCUT2D eigenvalue weighted by molar-refractivity contribution is -0.155. The number of rotatable bonds is 19. The molecule has 0 fully saturated rings. The fourth-order valence-corrected chi connectivity index (χ4v) is 3.97. The Labute approximate surface area is 241 Å². The first-order chi connectivity index (χ1) is 19.9. The van der Waals surface area contributed by atoms with Gasteiger partial charge in [0, 0.05) is 25.9 Å². The van der Waals surface area contributed by atoms with Gasteiger partial charge in [-0.1, -0.05) is 72.8 Å². The van der Waals surface area contributed by atoms with Gasteiger partial charge in [-0.25, -0.2) is 4.79 Å². The molecule has 0 spiro atoms. The number of carbonyl (C=O) groups excluding carboxylic acids is 4. The number of hydrogen-bond donors (Lipinski definition) is 2. The molecule has 2 N–H and O–H groups in total. The lowest BCUT2D eigenvalue weighted by Gasteiger charge is -2.25. The smallest absolute Gasteiger partial charge is 0.332 e. The third kappa shape index (κ3) is 12.7. The van der Waals surface area contributed by atoms with E-state index in [9.17, 15) is 24.3 Å². The molecule has 0 aliphatic rings. The molecule has 0 bridgehead atoms. The van der Waals surface area contributed by atoms with Crippen molar-refractivity contribution in [1.29, 1.82) is 0 Å². The zero-order valence-electron chi connectivity index (χ0n) is 23.4. The molecule has 220 valence electrons. The first-order valence-corrected chi connectivity index (χ1v) is 13.7. The predicted molar refractivity (Wildman–Crippen MR) is 155 cm³/mol. The molecule has 2 aromatic rings. The van der Waals surface area contributed by atoms with Crippen LogP contribution in [0.25, 0.3) is 0 Å². The molecule has 2 atom stereocenters. The third-order valence-electron chi connectivity index (χ3n) is 6.21. The first kappa shape index (κ1) is 33.0. The average Bonchev–Trinajstić information content (AvgIpc) is 2.98. The molecule has 0 aliphatic heterocycles. The number of aliphatic hydroxyl groups is 1.